The maximum absolute atomic E-state index is 13.1. The first-order chi connectivity index (χ1) is 13.5. The van der Waals surface area contributed by atoms with Gasteiger partial charge in [0.2, 0.25) is 5.95 Å². The molecule has 7 nitrogen and oxygen atoms in total. The Morgan fingerprint density at radius 2 is 1.86 bits per heavy atom. The number of anilines is 4. The lowest BCUT2D eigenvalue weighted by Crippen LogP contribution is -2.03. The van der Waals surface area contributed by atoms with E-state index < -0.39 is 12.4 Å². The largest absolute Gasteiger partial charge is 0.417 e. The van der Waals surface area contributed by atoms with Crippen LogP contribution >= 0.6 is 0 Å². The number of hydrogen-bond acceptors (Lipinski definition) is 6. The minimum absolute atomic E-state index is 0.388. The highest BCUT2D eigenvalue weighted by atomic mass is 19.1. The lowest BCUT2D eigenvalue weighted by atomic mass is 10.1. The Kier molecular flexibility index (Phi) is 4.52. The Morgan fingerprint density at radius 3 is 2.68 bits per heavy atom. The Balaban J connectivity index is 1.60. The van der Waals surface area contributed by atoms with Crippen molar-refractivity contribution in [2.45, 2.75) is 20.5 Å². The molecule has 0 spiro atoms. The summed E-state index contributed by atoms with van der Waals surface area (Å²) in [5.74, 6) is 0.502. The average Bonchev–Trinajstić information content (AvgIpc) is 3.05. The maximum atomic E-state index is 13.1. The van der Waals surface area contributed by atoms with Gasteiger partial charge in [-0.05, 0) is 55.3 Å². The second-order valence-electron chi connectivity index (χ2n) is 6.48. The lowest BCUT2D eigenvalue weighted by molar-refractivity contribution is 0.484. The van der Waals surface area contributed by atoms with Crippen LogP contribution in [0.1, 0.15) is 16.7 Å². The van der Waals surface area contributed by atoms with Crippen molar-refractivity contribution in [1.82, 2.24) is 15.0 Å². The van der Waals surface area contributed by atoms with Crippen molar-refractivity contribution in [1.29, 1.82) is 0 Å². The van der Waals surface area contributed by atoms with Crippen LogP contribution in [-0.2, 0) is 6.67 Å². The van der Waals surface area contributed by atoms with Gasteiger partial charge in [0.1, 0.15) is 12.5 Å². The second-order valence-corrected chi connectivity index (χ2v) is 6.48. The molecule has 4 rings (SSSR count). The number of benzene rings is 2. The van der Waals surface area contributed by atoms with Crippen molar-refractivity contribution in [2.24, 2.45) is 0 Å². The summed E-state index contributed by atoms with van der Waals surface area (Å²) in [6.07, 6.45) is 1.69. The summed E-state index contributed by atoms with van der Waals surface area (Å²) >= 11 is 0. The average molecular weight is 379 g/mol. The summed E-state index contributed by atoms with van der Waals surface area (Å²) in [5, 5.41) is 6.32. The molecule has 4 aromatic rings. The highest BCUT2D eigenvalue weighted by Gasteiger charge is 2.08. The quantitative estimate of drug-likeness (QED) is 0.473. The van der Waals surface area contributed by atoms with Gasteiger partial charge in [-0.1, -0.05) is 6.07 Å². The zero-order valence-corrected chi connectivity index (χ0v) is 15.3. The van der Waals surface area contributed by atoms with Crippen molar-refractivity contribution in [3.05, 3.63) is 69.8 Å². The molecule has 2 heterocycles. The van der Waals surface area contributed by atoms with Crippen LogP contribution in [0.5, 0.6) is 0 Å². The van der Waals surface area contributed by atoms with Gasteiger partial charge in [0.05, 0.1) is 5.52 Å². The highest BCUT2D eigenvalue weighted by Crippen LogP contribution is 2.24. The van der Waals surface area contributed by atoms with Crippen molar-refractivity contribution in [2.75, 3.05) is 10.6 Å². The Labute approximate surface area is 159 Å². The second kappa shape index (κ2) is 7.15. The van der Waals surface area contributed by atoms with Gasteiger partial charge < -0.3 is 15.1 Å². The van der Waals surface area contributed by atoms with E-state index in [9.17, 15) is 9.18 Å². The van der Waals surface area contributed by atoms with E-state index in [0.29, 0.717) is 34.1 Å². The summed E-state index contributed by atoms with van der Waals surface area (Å²) in [6, 6.07) is 10.7. The molecule has 2 aromatic heterocycles. The number of alkyl halides is 1. The molecule has 28 heavy (non-hydrogen) atoms. The van der Waals surface area contributed by atoms with Gasteiger partial charge in [-0.3, -0.25) is 4.98 Å². The number of oxazole rings is 1. The number of aromatic nitrogens is 3. The molecule has 0 saturated heterocycles. The first-order valence-electron chi connectivity index (χ1n) is 8.68. The van der Waals surface area contributed by atoms with Gasteiger partial charge >= 0.3 is 5.76 Å². The fourth-order valence-corrected chi connectivity index (χ4v) is 2.82. The van der Waals surface area contributed by atoms with Crippen LogP contribution in [0.3, 0.4) is 0 Å². The van der Waals surface area contributed by atoms with E-state index in [0.717, 1.165) is 16.8 Å². The van der Waals surface area contributed by atoms with Crippen molar-refractivity contribution < 1.29 is 8.81 Å². The van der Waals surface area contributed by atoms with Crippen LogP contribution < -0.4 is 16.4 Å². The monoisotopic (exact) mass is 379 g/mol. The first-order valence-corrected chi connectivity index (χ1v) is 8.68. The fraction of sp³-hybridized carbons (Fsp3) is 0.150. The molecule has 0 aliphatic carbocycles. The van der Waals surface area contributed by atoms with E-state index >= 15 is 0 Å². The van der Waals surface area contributed by atoms with E-state index in [1.807, 2.05) is 26.0 Å². The van der Waals surface area contributed by atoms with E-state index in [-0.39, 0.29) is 0 Å². The molecule has 0 fully saturated rings. The van der Waals surface area contributed by atoms with Gasteiger partial charge in [0.15, 0.2) is 5.58 Å². The Hall–Kier alpha value is -3.68. The lowest BCUT2D eigenvalue weighted by Gasteiger charge is -2.12. The summed E-state index contributed by atoms with van der Waals surface area (Å²) in [4.78, 5) is 22.7. The van der Waals surface area contributed by atoms with Crippen LogP contribution in [0.15, 0.2) is 51.8 Å². The third-order valence-corrected chi connectivity index (χ3v) is 4.40. The molecular weight excluding hydrogens is 361 g/mol. The van der Waals surface area contributed by atoms with Gasteiger partial charge in [0.25, 0.3) is 0 Å². The highest BCUT2D eigenvalue weighted by molar-refractivity contribution is 5.78. The van der Waals surface area contributed by atoms with E-state index in [1.165, 1.54) is 0 Å². The Morgan fingerprint density at radius 1 is 1.07 bits per heavy atom. The van der Waals surface area contributed by atoms with Gasteiger partial charge in [0, 0.05) is 23.1 Å². The minimum atomic E-state index is -0.526. The molecule has 0 saturated carbocycles. The van der Waals surface area contributed by atoms with Crippen LogP contribution in [-0.4, -0.2) is 15.0 Å². The zero-order chi connectivity index (χ0) is 19.7. The molecule has 0 aliphatic rings. The molecular formula is C20H18FN5O2. The van der Waals surface area contributed by atoms with Crippen LogP contribution in [0.4, 0.5) is 27.5 Å². The number of halogens is 1. The first kappa shape index (κ1) is 17.7. The zero-order valence-electron chi connectivity index (χ0n) is 15.3. The molecule has 0 bridgehead atoms. The van der Waals surface area contributed by atoms with E-state index in [1.54, 1.807) is 30.5 Å². The summed E-state index contributed by atoms with van der Waals surface area (Å²) in [5.41, 5.74) is 4.90. The summed E-state index contributed by atoms with van der Waals surface area (Å²) < 4.78 is 18.1. The molecule has 8 heteroatoms. The third kappa shape index (κ3) is 3.57. The van der Waals surface area contributed by atoms with Gasteiger partial charge in [-0.25, -0.2) is 14.2 Å². The molecule has 142 valence electrons. The van der Waals surface area contributed by atoms with E-state index in [2.05, 4.69) is 25.6 Å². The van der Waals surface area contributed by atoms with Crippen molar-refractivity contribution >= 4 is 34.2 Å². The number of hydrogen-bond donors (Lipinski definition) is 3. The molecule has 3 N–H and O–H groups in total. The molecule has 0 amide bonds. The molecule has 0 radical (unpaired) electrons. The van der Waals surface area contributed by atoms with Gasteiger partial charge in [-0.15, -0.1) is 0 Å². The third-order valence-electron chi connectivity index (χ3n) is 4.40. The molecule has 0 unspecified atom stereocenters. The van der Waals surface area contributed by atoms with Crippen molar-refractivity contribution in [3.8, 4) is 0 Å². The molecule has 0 aliphatic heterocycles. The summed E-state index contributed by atoms with van der Waals surface area (Å²) in [6.45, 7) is 3.23. The number of fused-ring (bicyclic) bond motifs is 1. The predicted molar refractivity (Wildman–Crippen MR) is 106 cm³/mol. The van der Waals surface area contributed by atoms with Crippen LogP contribution in [0, 0.1) is 13.8 Å². The Bertz CT molecular complexity index is 1210. The van der Waals surface area contributed by atoms with E-state index in [4.69, 9.17) is 4.42 Å². The number of aromatic amines is 1. The van der Waals surface area contributed by atoms with Crippen LogP contribution in [0.25, 0.3) is 11.1 Å². The minimum Gasteiger partial charge on any atom is -0.408 e. The maximum Gasteiger partial charge on any atom is 0.417 e. The molecule has 2 aromatic carbocycles. The summed E-state index contributed by atoms with van der Waals surface area (Å²) in [7, 11) is 0. The number of nitrogens with zero attached hydrogens (tertiary/aromatic N) is 2. The predicted octanol–water partition coefficient (Wildman–Crippen LogP) is 4.48. The van der Waals surface area contributed by atoms with Gasteiger partial charge in [-0.2, -0.15) is 4.98 Å². The SMILES string of the molecule is Cc1ccc(Nc2ncc(C)c(Nc3ccc4oc(=O)[nH]c4c3)n2)cc1CF. The molecule has 0 atom stereocenters. The number of rotatable bonds is 5. The topological polar surface area (TPSA) is 95.8 Å². The smallest absolute Gasteiger partial charge is 0.408 e. The standard InChI is InChI=1S/C20H18FN5O2/c1-11-3-4-14(7-13(11)9-21)24-19-22-10-12(2)18(26-19)23-15-5-6-17-16(8-15)25-20(27)28-17/h3-8,10H,9H2,1-2H3,(H,25,27)(H2,22,23,24,26). The number of H-pyrrole nitrogens is 1. The normalized spacial score (nSPS) is 11.0. The number of aryl methyl sites for hydroxylation is 2. The number of nitrogens with one attached hydrogen (secondary N) is 3. The fourth-order valence-electron chi connectivity index (χ4n) is 2.82. The van der Waals surface area contributed by atoms with Crippen LogP contribution in [0.2, 0.25) is 0 Å². The van der Waals surface area contributed by atoms with Crippen molar-refractivity contribution in [3.63, 3.8) is 0 Å².